The number of aliphatic carboxylic acids is 1. The summed E-state index contributed by atoms with van der Waals surface area (Å²) in [6.45, 7) is 6.04. The van der Waals surface area contributed by atoms with Crippen LogP contribution in [0.5, 0.6) is 0 Å². The smallest absolute Gasteiger partial charge is 0.308 e. The van der Waals surface area contributed by atoms with Crippen LogP contribution in [0.1, 0.15) is 32.7 Å². The van der Waals surface area contributed by atoms with Gasteiger partial charge >= 0.3 is 5.97 Å². The molecule has 0 bridgehead atoms. The Bertz CT molecular complexity index is 1000. The van der Waals surface area contributed by atoms with Gasteiger partial charge in [0.2, 0.25) is 0 Å². The van der Waals surface area contributed by atoms with Gasteiger partial charge in [-0.3, -0.25) is 9.59 Å². The van der Waals surface area contributed by atoms with Gasteiger partial charge in [-0.25, -0.2) is 0 Å². The van der Waals surface area contributed by atoms with Crippen molar-refractivity contribution in [2.24, 2.45) is 5.92 Å². The zero-order valence-corrected chi connectivity index (χ0v) is 15.8. The summed E-state index contributed by atoms with van der Waals surface area (Å²) < 4.78 is 0. The van der Waals surface area contributed by atoms with Crippen LogP contribution in [0.15, 0.2) is 42.5 Å². The Morgan fingerprint density at radius 3 is 2.56 bits per heavy atom. The lowest BCUT2D eigenvalue weighted by Gasteiger charge is -2.14. The average Bonchev–Trinajstić information content (AvgIpc) is 2.92. The number of carbonyl (C=O) groups excluding carboxylic acids is 1. The van der Waals surface area contributed by atoms with Crippen molar-refractivity contribution in [1.82, 2.24) is 10.3 Å². The first kappa shape index (κ1) is 18.7. The Balaban J connectivity index is 1.75. The summed E-state index contributed by atoms with van der Waals surface area (Å²) in [7, 11) is 0. The standard InChI is InChI=1S/C22H24N2O3/c1-13-6-4-7-16(10-13)11-17(22(26)27)12-23-21(25)19-9-5-8-18-14(2)15(3)24-20(18)19/h4-10,17,24H,11-12H2,1-3H3,(H,23,25)(H,26,27). The first-order valence-corrected chi connectivity index (χ1v) is 9.01. The van der Waals surface area contributed by atoms with E-state index in [9.17, 15) is 14.7 Å². The van der Waals surface area contributed by atoms with Gasteiger partial charge < -0.3 is 15.4 Å². The van der Waals surface area contributed by atoms with E-state index in [0.717, 1.165) is 33.3 Å². The van der Waals surface area contributed by atoms with Gasteiger partial charge in [-0.15, -0.1) is 0 Å². The van der Waals surface area contributed by atoms with Crippen LogP contribution in [0, 0.1) is 26.7 Å². The normalized spacial score (nSPS) is 12.1. The number of carboxylic acids is 1. The molecule has 0 radical (unpaired) electrons. The van der Waals surface area contributed by atoms with Crippen molar-refractivity contribution < 1.29 is 14.7 Å². The van der Waals surface area contributed by atoms with Crippen LogP contribution >= 0.6 is 0 Å². The van der Waals surface area contributed by atoms with Gasteiger partial charge in [0.25, 0.3) is 5.91 Å². The minimum atomic E-state index is -0.915. The van der Waals surface area contributed by atoms with Crippen molar-refractivity contribution in [3.8, 4) is 0 Å². The third-order valence-corrected chi connectivity index (χ3v) is 5.01. The van der Waals surface area contributed by atoms with Crippen molar-refractivity contribution in [2.45, 2.75) is 27.2 Å². The van der Waals surface area contributed by atoms with Gasteiger partial charge in [0, 0.05) is 17.6 Å². The highest BCUT2D eigenvalue weighted by atomic mass is 16.4. The monoisotopic (exact) mass is 364 g/mol. The Kier molecular flexibility index (Phi) is 5.31. The summed E-state index contributed by atoms with van der Waals surface area (Å²) in [5, 5.41) is 13.3. The molecule has 0 spiro atoms. The maximum atomic E-state index is 12.7. The fourth-order valence-electron chi connectivity index (χ4n) is 3.35. The van der Waals surface area contributed by atoms with E-state index >= 15 is 0 Å². The van der Waals surface area contributed by atoms with Gasteiger partial charge in [0.1, 0.15) is 0 Å². The van der Waals surface area contributed by atoms with Crippen LogP contribution < -0.4 is 5.32 Å². The predicted molar refractivity (Wildman–Crippen MR) is 106 cm³/mol. The van der Waals surface area contributed by atoms with Gasteiger partial charge in [-0.1, -0.05) is 42.0 Å². The molecule has 3 rings (SSSR count). The van der Waals surface area contributed by atoms with E-state index in [0.29, 0.717) is 12.0 Å². The predicted octanol–water partition coefficient (Wildman–Crippen LogP) is 3.77. The fourth-order valence-corrected chi connectivity index (χ4v) is 3.35. The second-order valence-electron chi connectivity index (χ2n) is 7.04. The van der Waals surface area contributed by atoms with Crippen molar-refractivity contribution in [1.29, 1.82) is 0 Å². The molecule has 1 amide bonds. The molecule has 0 saturated carbocycles. The SMILES string of the molecule is Cc1cccc(CC(CNC(=O)c2cccc3c(C)c(C)[nH]c23)C(=O)O)c1. The summed E-state index contributed by atoms with van der Waals surface area (Å²) in [4.78, 5) is 27.6. The lowest BCUT2D eigenvalue weighted by Crippen LogP contribution is -2.34. The molecule has 3 N–H and O–H groups in total. The molecule has 0 aliphatic rings. The highest BCUT2D eigenvalue weighted by Gasteiger charge is 2.21. The zero-order chi connectivity index (χ0) is 19.6. The number of aryl methyl sites for hydroxylation is 3. The fraction of sp³-hybridized carbons (Fsp3) is 0.273. The number of carbonyl (C=O) groups is 2. The number of nitrogens with one attached hydrogen (secondary N) is 2. The number of benzene rings is 2. The summed E-state index contributed by atoms with van der Waals surface area (Å²) in [6, 6.07) is 13.4. The maximum Gasteiger partial charge on any atom is 0.308 e. The highest BCUT2D eigenvalue weighted by Crippen LogP contribution is 2.24. The number of amides is 1. The molecular weight excluding hydrogens is 340 g/mol. The number of para-hydroxylation sites is 1. The van der Waals surface area contributed by atoms with Crippen molar-refractivity contribution in [3.63, 3.8) is 0 Å². The van der Waals surface area contributed by atoms with Crippen LogP contribution in [0.4, 0.5) is 0 Å². The average molecular weight is 364 g/mol. The lowest BCUT2D eigenvalue weighted by atomic mass is 9.98. The second kappa shape index (κ2) is 7.66. The van der Waals surface area contributed by atoms with Gasteiger partial charge in [0.15, 0.2) is 0 Å². The number of aromatic nitrogens is 1. The Labute approximate surface area is 158 Å². The largest absolute Gasteiger partial charge is 0.481 e. The molecular formula is C22H24N2O3. The molecule has 1 aromatic heterocycles. The molecule has 1 atom stereocenters. The minimum Gasteiger partial charge on any atom is -0.481 e. The van der Waals surface area contributed by atoms with E-state index in [1.807, 2.05) is 57.2 Å². The summed E-state index contributed by atoms with van der Waals surface area (Å²) in [5.74, 6) is -1.86. The number of hydrogen-bond donors (Lipinski definition) is 3. The molecule has 0 saturated heterocycles. The van der Waals surface area contributed by atoms with Crippen LogP contribution in [-0.2, 0) is 11.2 Å². The quantitative estimate of drug-likeness (QED) is 0.623. The molecule has 0 aliphatic heterocycles. The third-order valence-electron chi connectivity index (χ3n) is 5.01. The van der Waals surface area contributed by atoms with E-state index in [1.54, 1.807) is 6.07 Å². The van der Waals surface area contributed by atoms with E-state index < -0.39 is 11.9 Å². The molecule has 5 nitrogen and oxygen atoms in total. The summed E-state index contributed by atoms with van der Waals surface area (Å²) in [5.41, 5.74) is 5.49. The molecule has 1 heterocycles. The van der Waals surface area contributed by atoms with E-state index in [1.165, 1.54) is 0 Å². The van der Waals surface area contributed by atoms with Gasteiger partial charge in [-0.05, 0) is 44.4 Å². The number of fused-ring (bicyclic) bond motifs is 1. The molecule has 5 heteroatoms. The summed E-state index contributed by atoms with van der Waals surface area (Å²) in [6.07, 6.45) is 0.377. The number of aromatic amines is 1. The molecule has 1 unspecified atom stereocenters. The van der Waals surface area contributed by atoms with E-state index in [-0.39, 0.29) is 12.5 Å². The van der Waals surface area contributed by atoms with Crippen molar-refractivity contribution in [3.05, 3.63) is 70.4 Å². The third kappa shape index (κ3) is 4.03. The number of rotatable bonds is 6. The molecule has 27 heavy (non-hydrogen) atoms. The topological polar surface area (TPSA) is 82.2 Å². The molecule has 2 aromatic carbocycles. The molecule has 0 fully saturated rings. The molecule has 0 aliphatic carbocycles. The van der Waals surface area contributed by atoms with Gasteiger partial charge in [-0.2, -0.15) is 0 Å². The van der Waals surface area contributed by atoms with E-state index in [4.69, 9.17) is 0 Å². The zero-order valence-electron chi connectivity index (χ0n) is 15.8. The minimum absolute atomic E-state index is 0.0805. The van der Waals surface area contributed by atoms with Crippen molar-refractivity contribution >= 4 is 22.8 Å². The first-order valence-electron chi connectivity index (χ1n) is 9.01. The summed E-state index contributed by atoms with van der Waals surface area (Å²) >= 11 is 0. The molecule has 3 aromatic rings. The van der Waals surface area contributed by atoms with E-state index in [2.05, 4.69) is 10.3 Å². The Hall–Kier alpha value is -3.08. The van der Waals surface area contributed by atoms with Crippen LogP contribution in [0.3, 0.4) is 0 Å². The van der Waals surface area contributed by atoms with Crippen LogP contribution in [-0.4, -0.2) is 28.5 Å². The second-order valence-corrected chi connectivity index (χ2v) is 7.04. The number of H-pyrrole nitrogens is 1. The van der Waals surface area contributed by atoms with Gasteiger partial charge in [0.05, 0.1) is 17.0 Å². The first-order chi connectivity index (χ1) is 12.9. The Morgan fingerprint density at radius 1 is 1.11 bits per heavy atom. The van der Waals surface area contributed by atoms with Crippen molar-refractivity contribution in [2.75, 3.05) is 6.54 Å². The maximum absolute atomic E-state index is 12.7. The number of hydrogen-bond acceptors (Lipinski definition) is 2. The van der Waals surface area contributed by atoms with Crippen LogP contribution in [0.2, 0.25) is 0 Å². The lowest BCUT2D eigenvalue weighted by molar-refractivity contribution is -0.141. The van der Waals surface area contributed by atoms with Crippen LogP contribution in [0.25, 0.3) is 10.9 Å². The Morgan fingerprint density at radius 2 is 1.85 bits per heavy atom. The number of carboxylic acid groups (broad SMARTS) is 1. The highest BCUT2D eigenvalue weighted by molar-refractivity contribution is 6.06. The molecule has 140 valence electrons.